The summed E-state index contributed by atoms with van der Waals surface area (Å²) >= 11 is 0. The fourth-order valence-electron chi connectivity index (χ4n) is 7.51. The van der Waals surface area contributed by atoms with Gasteiger partial charge in [0.15, 0.2) is 0 Å². The molecule has 9 nitrogen and oxygen atoms in total. The first-order chi connectivity index (χ1) is 23.8. The molecule has 8 rings (SSSR count). The Morgan fingerprint density at radius 1 is 1.02 bits per heavy atom. The van der Waals surface area contributed by atoms with Crippen molar-refractivity contribution < 1.29 is 19.0 Å². The molecule has 5 aromatic rings. The number of aliphatic hydroxyl groups excluding tert-OH is 1. The van der Waals surface area contributed by atoms with E-state index in [2.05, 4.69) is 46.7 Å². The summed E-state index contributed by atoms with van der Waals surface area (Å²) in [6.45, 7) is 7.58. The molecule has 1 aliphatic carbocycles. The number of ether oxygens (including phenoxy) is 1. The predicted molar refractivity (Wildman–Crippen MR) is 188 cm³/mol. The standard InChI is InChI=1S/C39H41FN6O3/c1-23-19-45(20-24(2)44(23)3)21-25-7-10-33(42-18-25)34-17-30-29(11-12-41-38(30)43-34)28-5-4-6-35(31(28)22-47)46-13-14-49-36-16-27(26-8-9-26)15-32(40)37(36)39(46)48/h4-7,10-12,15-18,23-24,26,47H,8-9,13-14,19-22H2,1-3H3,(H,41,43). The number of piperazine rings is 1. The van der Waals surface area contributed by atoms with E-state index < -0.39 is 11.7 Å². The van der Waals surface area contributed by atoms with Gasteiger partial charge in [-0.05, 0) is 98.3 Å². The number of hydrogen-bond acceptors (Lipinski definition) is 7. The lowest BCUT2D eigenvalue weighted by Crippen LogP contribution is -2.54. The van der Waals surface area contributed by atoms with E-state index in [1.54, 1.807) is 12.3 Å². The van der Waals surface area contributed by atoms with Crippen LogP contribution in [0.3, 0.4) is 0 Å². The number of rotatable bonds is 7. The Kier molecular flexibility index (Phi) is 8.18. The number of aromatic amines is 1. The van der Waals surface area contributed by atoms with Gasteiger partial charge < -0.3 is 19.7 Å². The number of halogens is 1. The third-order valence-corrected chi connectivity index (χ3v) is 10.5. The quantitative estimate of drug-likeness (QED) is 0.210. The van der Waals surface area contributed by atoms with Gasteiger partial charge in [-0.2, -0.15) is 0 Å². The van der Waals surface area contributed by atoms with Crippen LogP contribution in [-0.2, 0) is 13.2 Å². The number of amides is 1. The summed E-state index contributed by atoms with van der Waals surface area (Å²) in [5.74, 6) is -0.429. The summed E-state index contributed by atoms with van der Waals surface area (Å²) in [5.41, 5.74) is 7.03. The highest BCUT2D eigenvalue weighted by Crippen LogP contribution is 2.44. The molecule has 2 unspecified atom stereocenters. The van der Waals surface area contributed by atoms with Gasteiger partial charge in [0.1, 0.15) is 29.4 Å². The predicted octanol–water partition coefficient (Wildman–Crippen LogP) is 6.36. The number of nitrogens with zero attached hydrogens (tertiary/aromatic N) is 5. The van der Waals surface area contributed by atoms with Crippen molar-refractivity contribution in [1.29, 1.82) is 0 Å². The molecule has 0 radical (unpaired) electrons. The van der Waals surface area contributed by atoms with Gasteiger partial charge in [-0.1, -0.05) is 18.2 Å². The number of benzene rings is 2. The molecule has 252 valence electrons. The van der Waals surface area contributed by atoms with Crippen LogP contribution in [0.4, 0.5) is 10.1 Å². The van der Waals surface area contributed by atoms with Crippen molar-refractivity contribution >= 4 is 22.6 Å². The van der Waals surface area contributed by atoms with Crippen molar-refractivity contribution in [2.24, 2.45) is 0 Å². The van der Waals surface area contributed by atoms with Crippen LogP contribution >= 0.6 is 0 Å². The molecule has 0 spiro atoms. The van der Waals surface area contributed by atoms with Crippen LogP contribution in [0.15, 0.2) is 67.0 Å². The van der Waals surface area contributed by atoms with Crippen LogP contribution in [-0.4, -0.2) is 81.1 Å². The number of carbonyl (C=O) groups excluding carboxylic acids is 1. The van der Waals surface area contributed by atoms with Crippen LogP contribution in [0.5, 0.6) is 5.75 Å². The maximum absolute atomic E-state index is 15.5. The van der Waals surface area contributed by atoms with Gasteiger partial charge >= 0.3 is 0 Å². The Bertz CT molecular complexity index is 2030. The summed E-state index contributed by atoms with van der Waals surface area (Å²) in [6.07, 6.45) is 5.73. The molecular formula is C39H41FN6O3. The summed E-state index contributed by atoms with van der Waals surface area (Å²) in [5, 5.41) is 11.6. The summed E-state index contributed by atoms with van der Waals surface area (Å²) in [6, 6.07) is 18.0. The third-order valence-electron chi connectivity index (χ3n) is 10.5. The van der Waals surface area contributed by atoms with E-state index in [1.807, 2.05) is 42.6 Å². The fraction of sp³-hybridized carbons (Fsp3) is 0.359. The van der Waals surface area contributed by atoms with Crippen LogP contribution in [0.2, 0.25) is 0 Å². The lowest BCUT2D eigenvalue weighted by Gasteiger charge is -2.42. The average Bonchev–Trinajstić information content (AvgIpc) is 3.88. The minimum absolute atomic E-state index is 0.0658. The Hall–Kier alpha value is -4.64. The molecule has 2 atom stereocenters. The second kappa shape index (κ2) is 12.7. The number of anilines is 1. The number of pyridine rings is 2. The largest absolute Gasteiger partial charge is 0.491 e. The number of likely N-dealkylation sites (N-methyl/N-ethyl adjacent to an activating group) is 1. The lowest BCUT2D eigenvalue weighted by atomic mass is 9.96. The highest BCUT2D eigenvalue weighted by molar-refractivity contribution is 6.09. The Balaban J connectivity index is 1.09. The molecule has 1 saturated carbocycles. The van der Waals surface area contributed by atoms with Gasteiger partial charge in [0.25, 0.3) is 5.91 Å². The van der Waals surface area contributed by atoms with E-state index >= 15 is 4.39 Å². The van der Waals surface area contributed by atoms with Gasteiger partial charge in [-0.15, -0.1) is 0 Å². The van der Waals surface area contributed by atoms with Gasteiger partial charge in [0.2, 0.25) is 0 Å². The van der Waals surface area contributed by atoms with Gasteiger partial charge in [0, 0.05) is 55.1 Å². The second-order valence-corrected chi connectivity index (χ2v) is 13.8. The van der Waals surface area contributed by atoms with Crippen LogP contribution in [0.25, 0.3) is 33.5 Å². The highest BCUT2D eigenvalue weighted by Gasteiger charge is 2.33. The summed E-state index contributed by atoms with van der Waals surface area (Å²) in [7, 11) is 2.20. The van der Waals surface area contributed by atoms with Gasteiger partial charge in [-0.25, -0.2) is 9.37 Å². The number of H-pyrrole nitrogens is 1. The molecule has 2 N–H and O–H groups in total. The first-order valence-electron chi connectivity index (χ1n) is 17.2. The maximum atomic E-state index is 15.5. The molecule has 5 heterocycles. The third kappa shape index (κ3) is 5.88. The second-order valence-electron chi connectivity index (χ2n) is 13.8. The number of fused-ring (bicyclic) bond motifs is 2. The Morgan fingerprint density at radius 2 is 1.84 bits per heavy atom. The number of nitrogens with one attached hydrogen (secondary N) is 1. The Labute approximate surface area is 285 Å². The molecule has 10 heteroatoms. The number of hydrogen-bond donors (Lipinski definition) is 2. The first-order valence-corrected chi connectivity index (χ1v) is 17.2. The van der Waals surface area contributed by atoms with Gasteiger partial charge in [0.05, 0.1) is 30.2 Å². The van der Waals surface area contributed by atoms with Crippen molar-refractivity contribution in [1.82, 2.24) is 24.8 Å². The smallest absolute Gasteiger partial charge is 0.265 e. The summed E-state index contributed by atoms with van der Waals surface area (Å²) in [4.78, 5) is 33.2. The van der Waals surface area contributed by atoms with E-state index in [0.717, 1.165) is 65.9 Å². The molecule has 49 heavy (non-hydrogen) atoms. The van der Waals surface area contributed by atoms with Crippen LogP contribution < -0.4 is 9.64 Å². The zero-order chi connectivity index (χ0) is 33.8. The minimum Gasteiger partial charge on any atom is -0.491 e. The van der Waals surface area contributed by atoms with Crippen LogP contribution in [0.1, 0.15) is 59.7 Å². The van der Waals surface area contributed by atoms with Crippen molar-refractivity contribution in [3.8, 4) is 28.3 Å². The monoisotopic (exact) mass is 660 g/mol. The molecule has 3 aliphatic rings. The van der Waals surface area contributed by atoms with Crippen molar-refractivity contribution in [2.75, 3.05) is 38.2 Å². The molecule has 2 aromatic carbocycles. The zero-order valence-corrected chi connectivity index (χ0v) is 28.1. The van der Waals surface area contributed by atoms with Crippen molar-refractivity contribution in [2.45, 2.75) is 57.8 Å². The lowest BCUT2D eigenvalue weighted by molar-refractivity contribution is 0.0556. The van der Waals surface area contributed by atoms with Crippen LogP contribution in [0, 0.1) is 5.82 Å². The SMILES string of the molecule is CC1CN(Cc2ccc(-c3cc4c(-c5cccc(N6CCOc7cc(C8CC8)cc(F)c7C6=O)c5CO)ccnc4[nH]3)nc2)CC(C)N1C. The molecule has 1 saturated heterocycles. The topological polar surface area (TPSA) is 97.8 Å². The van der Waals surface area contributed by atoms with E-state index in [0.29, 0.717) is 34.9 Å². The van der Waals surface area contributed by atoms with Gasteiger partial charge in [-0.3, -0.25) is 19.6 Å². The minimum atomic E-state index is -0.570. The maximum Gasteiger partial charge on any atom is 0.265 e. The normalized spacial score (nSPS) is 20.3. The molecular weight excluding hydrogens is 619 g/mol. The molecule has 1 amide bonds. The molecule has 2 fully saturated rings. The molecule has 2 aliphatic heterocycles. The highest BCUT2D eigenvalue weighted by atomic mass is 19.1. The zero-order valence-electron chi connectivity index (χ0n) is 28.1. The number of carbonyl (C=O) groups is 1. The van der Waals surface area contributed by atoms with E-state index in [9.17, 15) is 9.90 Å². The number of aliphatic hydroxyl groups is 1. The molecule has 0 bridgehead atoms. The first kappa shape index (κ1) is 31.6. The van der Waals surface area contributed by atoms with Crippen molar-refractivity contribution in [3.05, 3.63) is 95.1 Å². The number of aromatic nitrogens is 3. The Morgan fingerprint density at radius 3 is 2.57 bits per heavy atom. The summed E-state index contributed by atoms with van der Waals surface area (Å²) < 4.78 is 21.4. The average molecular weight is 661 g/mol. The molecule has 3 aromatic heterocycles. The fourth-order valence-corrected chi connectivity index (χ4v) is 7.51. The van der Waals surface area contributed by atoms with Crippen molar-refractivity contribution in [3.63, 3.8) is 0 Å². The van der Waals surface area contributed by atoms with E-state index in [4.69, 9.17) is 9.72 Å². The van der Waals surface area contributed by atoms with E-state index in [-0.39, 0.29) is 31.1 Å². The van der Waals surface area contributed by atoms with E-state index in [1.165, 1.54) is 16.5 Å².